The Hall–Kier alpha value is -0.370. The molecule has 0 saturated heterocycles. The highest BCUT2D eigenvalue weighted by Crippen LogP contribution is 2.35. The maximum atomic E-state index is 12.3. The zero-order valence-electron chi connectivity index (χ0n) is 10.5. The summed E-state index contributed by atoms with van der Waals surface area (Å²) in [5.41, 5.74) is 5.85. The fourth-order valence-electron chi connectivity index (χ4n) is 3.53. The second-order valence-corrected chi connectivity index (χ2v) is 6.14. The standard InChI is InChI=1S/C14H25NO/c1-11-5-4-8-14(15,10-11)13(16)9-12-6-2-3-7-12/h11-12H,2-10,15H2,1H3. The molecule has 2 heteroatoms. The van der Waals surface area contributed by atoms with E-state index in [1.165, 1.54) is 32.1 Å². The van der Waals surface area contributed by atoms with Crippen molar-refractivity contribution < 1.29 is 4.79 Å². The first kappa shape index (κ1) is 12.1. The first-order valence-corrected chi connectivity index (χ1v) is 6.92. The zero-order valence-corrected chi connectivity index (χ0v) is 10.5. The van der Waals surface area contributed by atoms with Gasteiger partial charge in [-0.15, -0.1) is 0 Å². The lowest BCUT2D eigenvalue weighted by Crippen LogP contribution is -2.51. The smallest absolute Gasteiger partial charge is 0.152 e. The molecule has 0 aromatic rings. The number of rotatable bonds is 3. The predicted octanol–water partition coefficient (Wildman–Crippen LogP) is 3.04. The summed E-state index contributed by atoms with van der Waals surface area (Å²) in [6.45, 7) is 2.23. The molecule has 0 heterocycles. The van der Waals surface area contributed by atoms with Gasteiger partial charge >= 0.3 is 0 Å². The van der Waals surface area contributed by atoms with Crippen LogP contribution in [0.15, 0.2) is 0 Å². The number of carbonyl (C=O) groups is 1. The van der Waals surface area contributed by atoms with Gasteiger partial charge in [0.15, 0.2) is 5.78 Å². The molecule has 2 unspecified atom stereocenters. The molecular weight excluding hydrogens is 198 g/mol. The predicted molar refractivity (Wildman–Crippen MR) is 66.1 cm³/mol. The van der Waals surface area contributed by atoms with Gasteiger partial charge in [0.2, 0.25) is 0 Å². The fourth-order valence-corrected chi connectivity index (χ4v) is 3.53. The lowest BCUT2D eigenvalue weighted by atomic mass is 9.73. The van der Waals surface area contributed by atoms with Crippen LogP contribution >= 0.6 is 0 Å². The lowest BCUT2D eigenvalue weighted by Gasteiger charge is -2.36. The van der Waals surface area contributed by atoms with E-state index in [-0.39, 0.29) is 0 Å². The Kier molecular flexibility index (Phi) is 3.68. The average molecular weight is 223 g/mol. The number of nitrogens with two attached hydrogens (primary N) is 1. The number of hydrogen-bond donors (Lipinski definition) is 1. The number of ketones is 1. The molecule has 0 spiro atoms. The SMILES string of the molecule is CC1CCCC(N)(C(=O)CC2CCCC2)C1. The van der Waals surface area contributed by atoms with Crippen molar-refractivity contribution in [1.82, 2.24) is 0 Å². The van der Waals surface area contributed by atoms with Crippen molar-refractivity contribution in [2.75, 3.05) is 0 Å². The van der Waals surface area contributed by atoms with Crippen LogP contribution in [-0.4, -0.2) is 11.3 Å². The molecule has 92 valence electrons. The minimum atomic E-state index is -0.472. The van der Waals surface area contributed by atoms with Gasteiger partial charge in [0.25, 0.3) is 0 Å². The molecule has 0 aromatic carbocycles. The highest BCUT2D eigenvalue weighted by Gasteiger charge is 2.38. The van der Waals surface area contributed by atoms with Crippen LogP contribution in [0.4, 0.5) is 0 Å². The van der Waals surface area contributed by atoms with Crippen LogP contribution in [0.25, 0.3) is 0 Å². The Morgan fingerprint density at radius 3 is 2.56 bits per heavy atom. The third-order valence-corrected chi connectivity index (χ3v) is 4.54. The third-order valence-electron chi connectivity index (χ3n) is 4.54. The van der Waals surface area contributed by atoms with Crippen molar-refractivity contribution in [2.24, 2.45) is 17.6 Å². The van der Waals surface area contributed by atoms with Crippen molar-refractivity contribution in [3.8, 4) is 0 Å². The number of Topliss-reactive ketones (excluding diaryl/α,β-unsaturated/α-hetero) is 1. The molecular formula is C14H25NO. The van der Waals surface area contributed by atoms with Crippen LogP contribution in [-0.2, 0) is 4.79 Å². The molecule has 0 amide bonds. The molecule has 16 heavy (non-hydrogen) atoms. The second kappa shape index (κ2) is 4.87. The number of hydrogen-bond acceptors (Lipinski definition) is 2. The van der Waals surface area contributed by atoms with Crippen LogP contribution in [0.3, 0.4) is 0 Å². The molecule has 2 atom stereocenters. The van der Waals surface area contributed by atoms with E-state index < -0.39 is 5.54 Å². The summed E-state index contributed by atoms with van der Waals surface area (Å²) in [4.78, 5) is 12.3. The first-order valence-electron chi connectivity index (χ1n) is 6.92. The van der Waals surface area contributed by atoms with E-state index >= 15 is 0 Å². The van der Waals surface area contributed by atoms with Crippen molar-refractivity contribution in [3.63, 3.8) is 0 Å². The average Bonchev–Trinajstić information content (AvgIpc) is 2.70. The van der Waals surface area contributed by atoms with Crippen LogP contribution in [0.5, 0.6) is 0 Å². The maximum absolute atomic E-state index is 12.3. The summed E-state index contributed by atoms with van der Waals surface area (Å²) in [6, 6.07) is 0. The molecule has 2 saturated carbocycles. The van der Waals surface area contributed by atoms with Gasteiger partial charge in [-0.3, -0.25) is 4.79 Å². The molecule has 2 fully saturated rings. The van der Waals surface area contributed by atoms with E-state index in [0.717, 1.165) is 25.7 Å². The molecule has 0 radical (unpaired) electrons. The summed E-state index contributed by atoms with van der Waals surface area (Å²) in [5, 5.41) is 0. The Bertz CT molecular complexity index is 257. The lowest BCUT2D eigenvalue weighted by molar-refractivity contribution is -0.126. The van der Waals surface area contributed by atoms with Gasteiger partial charge in [0.05, 0.1) is 5.54 Å². The van der Waals surface area contributed by atoms with Gasteiger partial charge < -0.3 is 5.73 Å². The summed E-state index contributed by atoms with van der Waals surface area (Å²) >= 11 is 0. The highest BCUT2D eigenvalue weighted by atomic mass is 16.1. The minimum Gasteiger partial charge on any atom is -0.319 e. The largest absolute Gasteiger partial charge is 0.319 e. The van der Waals surface area contributed by atoms with Crippen molar-refractivity contribution in [1.29, 1.82) is 0 Å². The van der Waals surface area contributed by atoms with Crippen molar-refractivity contribution >= 4 is 5.78 Å². The van der Waals surface area contributed by atoms with Crippen molar-refractivity contribution in [3.05, 3.63) is 0 Å². The third kappa shape index (κ3) is 2.65. The molecule has 2 aliphatic carbocycles. The molecule has 2 rings (SSSR count). The monoisotopic (exact) mass is 223 g/mol. The molecule has 0 bridgehead atoms. The summed E-state index contributed by atoms with van der Waals surface area (Å²) in [5.74, 6) is 1.63. The fraction of sp³-hybridized carbons (Fsp3) is 0.929. The van der Waals surface area contributed by atoms with Crippen LogP contribution < -0.4 is 5.73 Å². The Labute approximate surface area is 99.0 Å². The van der Waals surface area contributed by atoms with E-state index in [1.54, 1.807) is 0 Å². The van der Waals surface area contributed by atoms with E-state index in [2.05, 4.69) is 6.92 Å². The normalized spacial score (nSPS) is 36.5. The number of carbonyl (C=O) groups excluding carboxylic acids is 1. The Morgan fingerprint density at radius 2 is 1.94 bits per heavy atom. The zero-order chi connectivity index (χ0) is 11.6. The molecule has 0 aliphatic heterocycles. The molecule has 2 N–H and O–H groups in total. The van der Waals surface area contributed by atoms with Gasteiger partial charge in [-0.25, -0.2) is 0 Å². The van der Waals surface area contributed by atoms with Gasteiger partial charge in [-0.2, -0.15) is 0 Å². The summed E-state index contributed by atoms with van der Waals surface area (Å²) in [6.07, 6.45) is 10.1. The van der Waals surface area contributed by atoms with Crippen molar-refractivity contribution in [2.45, 2.75) is 70.3 Å². The van der Waals surface area contributed by atoms with Crippen LogP contribution in [0.1, 0.15) is 64.7 Å². The van der Waals surface area contributed by atoms with E-state index in [0.29, 0.717) is 17.6 Å². The van der Waals surface area contributed by atoms with E-state index in [9.17, 15) is 4.79 Å². The van der Waals surface area contributed by atoms with Gasteiger partial charge in [-0.05, 0) is 24.7 Å². The van der Waals surface area contributed by atoms with Gasteiger partial charge in [0.1, 0.15) is 0 Å². The Morgan fingerprint density at radius 1 is 1.25 bits per heavy atom. The maximum Gasteiger partial charge on any atom is 0.152 e. The first-order chi connectivity index (χ1) is 7.60. The second-order valence-electron chi connectivity index (χ2n) is 6.14. The minimum absolute atomic E-state index is 0.353. The summed E-state index contributed by atoms with van der Waals surface area (Å²) in [7, 11) is 0. The topological polar surface area (TPSA) is 43.1 Å². The highest BCUT2D eigenvalue weighted by molar-refractivity contribution is 5.88. The van der Waals surface area contributed by atoms with Gasteiger partial charge in [0, 0.05) is 6.42 Å². The molecule has 2 aliphatic rings. The van der Waals surface area contributed by atoms with Crippen LogP contribution in [0.2, 0.25) is 0 Å². The molecule has 2 nitrogen and oxygen atoms in total. The van der Waals surface area contributed by atoms with Gasteiger partial charge in [-0.1, -0.05) is 45.4 Å². The Balaban J connectivity index is 1.91. The summed E-state index contributed by atoms with van der Waals surface area (Å²) < 4.78 is 0. The van der Waals surface area contributed by atoms with E-state index in [4.69, 9.17) is 5.73 Å². The van der Waals surface area contributed by atoms with E-state index in [1.807, 2.05) is 0 Å². The molecule has 0 aromatic heterocycles. The van der Waals surface area contributed by atoms with Crippen LogP contribution in [0, 0.1) is 11.8 Å². The quantitative estimate of drug-likeness (QED) is 0.799.